The van der Waals surface area contributed by atoms with E-state index in [4.69, 9.17) is 33.3 Å². The third-order valence-electron chi connectivity index (χ3n) is 4.40. The molecule has 0 aliphatic carbocycles. The Bertz CT molecular complexity index is 1120. The van der Waals surface area contributed by atoms with Crippen molar-refractivity contribution in [2.45, 2.75) is 12.6 Å². The van der Waals surface area contributed by atoms with Gasteiger partial charge in [0.2, 0.25) is 5.75 Å². The van der Waals surface area contributed by atoms with Crippen LogP contribution in [0.5, 0.6) is 28.7 Å². The zero-order valence-electron chi connectivity index (χ0n) is 20.0. The lowest BCUT2D eigenvalue weighted by atomic mass is 10.1. The average molecular weight is 531 g/mol. The average Bonchev–Trinajstić information content (AvgIpc) is 2.85. The summed E-state index contributed by atoms with van der Waals surface area (Å²) < 4.78 is 86.6. The minimum Gasteiger partial charge on any atom is -0.493 e. The molecule has 196 valence electrons. The highest BCUT2D eigenvalue weighted by Crippen LogP contribution is 2.52. The second-order valence-corrected chi connectivity index (χ2v) is 8.46. The van der Waals surface area contributed by atoms with Crippen LogP contribution in [0.4, 0.5) is 13.2 Å². The summed E-state index contributed by atoms with van der Waals surface area (Å²) in [6.07, 6.45) is -1.66. The van der Waals surface area contributed by atoms with Crippen LogP contribution >= 0.6 is 7.82 Å². The zero-order valence-corrected chi connectivity index (χ0v) is 20.9. The second-order valence-electron chi connectivity index (χ2n) is 6.87. The minimum atomic E-state index is -4.78. The Labute approximate surface area is 206 Å². The zero-order chi connectivity index (χ0) is 26.8. The Kier molecular flexibility index (Phi) is 10.5. The van der Waals surface area contributed by atoms with E-state index >= 15 is 0 Å². The highest BCUT2D eigenvalue weighted by molar-refractivity contribution is 7.48. The molecule has 13 heteroatoms. The number of benzene rings is 2. The van der Waals surface area contributed by atoms with Crippen LogP contribution in [0.25, 0.3) is 12.2 Å². The van der Waals surface area contributed by atoms with Gasteiger partial charge < -0.3 is 23.5 Å². The summed E-state index contributed by atoms with van der Waals surface area (Å²) in [7, 11) is 0.986. The van der Waals surface area contributed by atoms with Gasteiger partial charge in [0.05, 0.1) is 47.5 Å². The third kappa shape index (κ3) is 8.37. The third-order valence-corrected chi connectivity index (χ3v) is 5.77. The van der Waals surface area contributed by atoms with Crippen molar-refractivity contribution in [3.63, 3.8) is 0 Å². The molecule has 2 aromatic rings. The van der Waals surface area contributed by atoms with Crippen LogP contribution in [0.2, 0.25) is 0 Å². The standard InChI is InChI=1S/C23H25F3NO8P/c1-29-18-9-8-16(6-7-17-13-20(30-2)22(32-4)21(14-17)31-3)12-19(18)35-36(28,33-11-5-10-27)34-15-23(24,25)26/h6-9,12-14H,5,11,15H2,1-4H3/b7-6+. The number of phosphoric acid groups is 1. The Balaban J connectivity index is 2.37. The van der Waals surface area contributed by atoms with Crippen LogP contribution < -0.4 is 23.5 Å². The fourth-order valence-electron chi connectivity index (χ4n) is 2.82. The summed E-state index contributed by atoms with van der Waals surface area (Å²) in [5.74, 6) is 1.18. The molecule has 0 aliphatic heterocycles. The van der Waals surface area contributed by atoms with Crippen molar-refractivity contribution < 1.29 is 50.3 Å². The monoisotopic (exact) mass is 531 g/mol. The fourth-order valence-corrected chi connectivity index (χ4v) is 4.01. The first-order valence-corrected chi connectivity index (χ1v) is 11.7. The number of nitrogens with zero attached hydrogens (tertiary/aromatic N) is 1. The molecular formula is C23H25F3NO8P. The lowest BCUT2D eigenvalue weighted by Crippen LogP contribution is -2.18. The van der Waals surface area contributed by atoms with Crippen LogP contribution in [0, 0.1) is 11.3 Å². The van der Waals surface area contributed by atoms with Crippen molar-refractivity contribution in [2.24, 2.45) is 0 Å². The van der Waals surface area contributed by atoms with Crippen molar-refractivity contribution in [3.8, 4) is 34.8 Å². The van der Waals surface area contributed by atoms with E-state index in [1.165, 1.54) is 40.6 Å². The van der Waals surface area contributed by atoms with E-state index in [0.29, 0.717) is 28.4 Å². The summed E-state index contributed by atoms with van der Waals surface area (Å²) >= 11 is 0. The van der Waals surface area contributed by atoms with Crippen LogP contribution in [0.3, 0.4) is 0 Å². The lowest BCUT2D eigenvalue weighted by molar-refractivity contribution is -0.157. The van der Waals surface area contributed by atoms with E-state index < -0.39 is 27.2 Å². The normalized spacial score (nSPS) is 13.1. The Hall–Kier alpha value is -3.39. The van der Waals surface area contributed by atoms with E-state index in [1.54, 1.807) is 36.4 Å². The maximum atomic E-state index is 12.9. The van der Waals surface area contributed by atoms with E-state index in [2.05, 4.69) is 4.52 Å². The summed E-state index contributed by atoms with van der Waals surface area (Å²) in [6, 6.07) is 9.63. The predicted octanol–water partition coefficient (Wildman–Crippen LogP) is 5.89. The molecule has 2 aromatic carbocycles. The molecule has 1 atom stereocenters. The number of hydrogen-bond donors (Lipinski definition) is 0. The first-order valence-electron chi connectivity index (χ1n) is 10.3. The molecule has 9 nitrogen and oxygen atoms in total. The van der Waals surface area contributed by atoms with Gasteiger partial charge in [0.25, 0.3) is 0 Å². The smallest absolute Gasteiger partial charge is 0.493 e. The molecule has 2 rings (SSSR count). The molecule has 36 heavy (non-hydrogen) atoms. The van der Waals surface area contributed by atoms with E-state index in [-0.39, 0.29) is 17.9 Å². The number of nitriles is 1. The number of methoxy groups -OCH3 is 4. The quantitative estimate of drug-likeness (QED) is 0.178. The van der Waals surface area contributed by atoms with Gasteiger partial charge in [0, 0.05) is 0 Å². The van der Waals surface area contributed by atoms with Crippen molar-refractivity contribution in [3.05, 3.63) is 41.5 Å². The number of ether oxygens (including phenoxy) is 4. The van der Waals surface area contributed by atoms with Gasteiger partial charge in [-0.05, 0) is 35.4 Å². The molecule has 0 heterocycles. The van der Waals surface area contributed by atoms with Crippen molar-refractivity contribution >= 4 is 20.0 Å². The summed E-state index contributed by atoms with van der Waals surface area (Å²) in [5.41, 5.74) is 1.20. The van der Waals surface area contributed by atoms with Crippen molar-refractivity contribution in [1.82, 2.24) is 0 Å². The van der Waals surface area contributed by atoms with Crippen molar-refractivity contribution in [2.75, 3.05) is 41.7 Å². The number of hydrogen-bond acceptors (Lipinski definition) is 9. The van der Waals surface area contributed by atoms with Gasteiger partial charge in [-0.15, -0.1) is 0 Å². The summed E-state index contributed by atoms with van der Waals surface area (Å²) in [6.45, 7) is -2.34. The lowest BCUT2D eigenvalue weighted by Gasteiger charge is -2.20. The largest absolute Gasteiger partial charge is 0.530 e. The number of phosphoric ester groups is 1. The predicted molar refractivity (Wildman–Crippen MR) is 124 cm³/mol. The van der Waals surface area contributed by atoms with Crippen LogP contribution in [-0.4, -0.2) is 47.8 Å². The van der Waals surface area contributed by atoms with Gasteiger partial charge >= 0.3 is 14.0 Å². The van der Waals surface area contributed by atoms with Gasteiger partial charge in [-0.3, -0.25) is 9.05 Å². The topological polar surface area (TPSA) is 105 Å². The molecule has 0 N–H and O–H groups in total. The van der Waals surface area contributed by atoms with Gasteiger partial charge in [0.15, 0.2) is 29.6 Å². The molecule has 0 saturated carbocycles. The first kappa shape index (κ1) is 28.8. The molecule has 0 spiro atoms. The molecule has 0 bridgehead atoms. The SMILES string of the molecule is COc1ccc(/C=C/c2cc(OC)c(OC)c(OC)c2)cc1OP(=O)(OCCC#N)OCC(F)(F)F. The van der Waals surface area contributed by atoms with E-state index in [9.17, 15) is 17.7 Å². The van der Waals surface area contributed by atoms with E-state index in [1.807, 2.05) is 0 Å². The summed E-state index contributed by atoms with van der Waals surface area (Å²) in [4.78, 5) is 0. The molecule has 0 aromatic heterocycles. The number of rotatable bonds is 13. The van der Waals surface area contributed by atoms with Crippen LogP contribution in [0.15, 0.2) is 30.3 Å². The first-order chi connectivity index (χ1) is 17.1. The number of halogens is 3. The minimum absolute atomic E-state index is 0.0691. The highest BCUT2D eigenvalue weighted by Gasteiger charge is 2.37. The molecule has 0 aliphatic rings. The molecule has 0 fully saturated rings. The molecule has 0 amide bonds. The Morgan fingerprint density at radius 2 is 1.44 bits per heavy atom. The molecular weight excluding hydrogens is 506 g/mol. The molecule has 0 saturated heterocycles. The van der Waals surface area contributed by atoms with Crippen LogP contribution in [-0.2, 0) is 13.6 Å². The van der Waals surface area contributed by atoms with E-state index in [0.717, 1.165) is 0 Å². The van der Waals surface area contributed by atoms with Gasteiger partial charge in [-0.1, -0.05) is 18.2 Å². The second kappa shape index (κ2) is 13.1. The van der Waals surface area contributed by atoms with Crippen molar-refractivity contribution in [1.29, 1.82) is 5.26 Å². The Morgan fingerprint density at radius 1 is 0.861 bits per heavy atom. The summed E-state index contributed by atoms with van der Waals surface area (Å²) in [5, 5.41) is 8.65. The maximum Gasteiger partial charge on any atom is 0.530 e. The highest BCUT2D eigenvalue weighted by atomic mass is 31.2. The van der Waals surface area contributed by atoms with Gasteiger partial charge in [0.1, 0.15) is 0 Å². The molecule has 1 unspecified atom stereocenters. The fraction of sp³-hybridized carbons (Fsp3) is 0.348. The van der Waals surface area contributed by atoms with Gasteiger partial charge in [-0.2, -0.15) is 18.4 Å². The Morgan fingerprint density at radius 3 is 1.97 bits per heavy atom. The maximum absolute atomic E-state index is 12.9. The number of alkyl halides is 3. The van der Waals surface area contributed by atoms with Gasteiger partial charge in [-0.25, -0.2) is 4.57 Å². The molecule has 0 radical (unpaired) electrons. The van der Waals surface area contributed by atoms with Crippen LogP contribution in [0.1, 0.15) is 17.5 Å².